The molecular weight excluding hydrogens is 318 g/mol. The van der Waals surface area contributed by atoms with Crippen LogP contribution in [0.15, 0.2) is 22.6 Å². The van der Waals surface area contributed by atoms with Crippen LogP contribution >= 0.6 is 11.3 Å². The smallest absolute Gasteiger partial charge is 0.262 e. The zero-order chi connectivity index (χ0) is 16.4. The highest BCUT2D eigenvalue weighted by Gasteiger charge is 2.33. The van der Waals surface area contributed by atoms with Gasteiger partial charge in [-0.2, -0.15) is 0 Å². The number of aromatic nitrogens is 2. The van der Waals surface area contributed by atoms with Crippen LogP contribution in [0.4, 0.5) is 0 Å². The van der Waals surface area contributed by atoms with Gasteiger partial charge in [-0.15, -0.1) is 11.3 Å². The number of hydrogen-bond acceptors (Lipinski definition) is 6. The highest BCUT2D eigenvalue weighted by Crippen LogP contribution is 2.22. The van der Waals surface area contributed by atoms with Crippen molar-refractivity contribution in [3.8, 4) is 0 Å². The van der Waals surface area contributed by atoms with Crippen LogP contribution in [0.5, 0.6) is 0 Å². The molecule has 8 heteroatoms. The first-order valence-electron chi connectivity index (χ1n) is 7.44. The summed E-state index contributed by atoms with van der Waals surface area (Å²) in [7, 11) is 1.55. The van der Waals surface area contributed by atoms with Gasteiger partial charge in [0.25, 0.3) is 5.56 Å². The van der Waals surface area contributed by atoms with Crippen molar-refractivity contribution in [2.45, 2.75) is 25.0 Å². The van der Waals surface area contributed by atoms with Crippen LogP contribution in [0.2, 0.25) is 0 Å². The summed E-state index contributed by atoms with van der Waals surface area (Å²) in [5, 5.41) is 12.6. The van der Waals surface area contributed by atoms with E-state index in [1.54, 1.807) is 18.1 Å². The number of carbonyl (C=O) groups excluding carboxylic acids is 1. The van der Waals surface area contributed by atoms with E-state index in [4.69, 9.17) is 4.74 Å². The first kappa shape index (κ1) is 16.1. The summed E-state index contributed by atoms with van der Waals surface area (Å²) in [5.74, 6) is -0.136. The van der Waals surface area contributed by atoms with Crippen LogP contribution in [-0.4, -0.2) is 57.9 Å². The van der Waals surface area contributed by atoms with Gasteiger partial charge in [0.05, 0.1) is 23.9 Å². The second kappa shape index (κ2) is 6.38. The molecule has 1 aliphatic rings. The molecule has 2 aromatic rings. The van der Waals surface area contributed by atoms with Gasteiger partial charge in [0.1, 0.15) is 11.4 Å². The van der Waals surface area contributed by atoms with E-state index in [9.17, 15) is 14.7 Å². The second-order valence-corrected chi connectivity index (χ2v) is 6.75. The Labute approximate surface area is 137 Å². The van der Waals surface area contributed by atoms with E-state index in [2.05, 4.69) is 4.98 Å². The molecule has 0 spiro atoms. The molecule has 1 aliphatic heterocycles. The SMILES string of the molecule is COCC1(O)CCN(C(=O)Cn2cnc3sccc3c2=O)CC1. The van der Waals surface area contributed by atoms with Gasteiger partial charge < -0.3 is 14.7 Å². The largest absolute Gasteiger partial charge is 0.387 e. The number of ether oxygens (including phenoxy) is 1. The van der Waals surface area contributed by atoms with Gasteiger partial charge in [-0.3, -0.25) is 14.2 Å². The molecular formula is C15H19N3O4S. The van der Waals surface area contributed by atoms with Crippen molar-refractivity contribution in [2.75, 3.05) is 26.8 Å². The minimum atomic E-state index is -0.862. The Morgan fingerprint density at radius 2 is 2.22 bits per heavy atom. The van der Waals surface area contributed by atoms with Crippen molar-refractivity contribution in [3.63, 3.8) is 0 Å². The van der Waals surface area contributed by atoms with Gasteiger partial charge in [0.2, 0.25) is 5.91 Å². The van der Waals surface area contributed by atoms with E-state index < -0.39 is 5.60 Å². The molecule has 0 aliphatic carbocycles. The van der Waals surface area contributed by atoms with E-state index in [0.29, 0.717) is 36.1 Å². The van der Waals surface area contributed by atoms with Crippen molar-refractivity contribution in [1.82, 2.24) is 14.5 Å². The van der Waals surface area contributed by atoms with Crippen molar-refractivity contribution in [1.29, 1.82) is 0 Å². The number of thiophene rings is 1. The lowest BCUT2D eigenvalue weighted by Crippen LogP contribution is -2.49. The molecule has 1 amide bonds. The molecule has 2 aromatic heterocycles. The Hall–Kier alpha value is -1.77. The summed E-state index contributed by atoms with van der Waals surface area (Å²) in [6.45, 7) is 1.16. The summed E-state index contributed by atoms with van der Waals surface area (Å²) < 4.78 is 6.36. The van der Waals surface area contributed by atoms with Crippen molar-refractivity contribution < 1.29 is 14.6 Å². The number of likely N-dealkylation sites (tertiary alicyclic amines) is 1. The summed E-state index contributed by atoms with van der Waals surface area (Å²) in [4.78, 5) is 31.2. The molecule has 0 bridgehead atoms. The highest BCUT2D eigenvalue weighted by atomic mass is 32.1. The number of carbonyl (C=O) groups is 1. The van der Waals surface area contributed by atoms with Crippen molar-refractivity contribution in [3.05, 3.63) is 28.1 Å². The predicted molar refractivity (Wildman–Crippen MR) is 86.5 cm³/mol. The molecule has 3 rings (SSSR count). The lowest BCUT2D eigenvalue weighted by molar-refractivity contribution is -0.138. The Bertz CT molecular complexity index is 761. The van der Waals surface area contributed by atoms with Crippen LogP contribution in [0.25, 0.3) is 10.2 Å². The number of piperidine rings is 1. The van der Waals surface area contributed by atoms with Crippen LogP contribution < -0.4 is 5.56 Å². The highest BCUT2D eigenvalue weighted by molar-refractivity contribution is 7.16. The molecule has 124 valence electrons. The van der Waals surface area contributed by atoms with E-state index in [1.807, 2.05) is 5.38 Å². The maximum Gasteiger partial charge on any atom is 0.262 e. The van der Waals surface area contributed by atoms with Gasteiger partial charge in [-0.05, 0) is 24.3 Å². The van der Waals surface area contributed by atoms with Gasteiger partial charge >= 0.3 is 0 Å². The van der Waals surface area contributed by atoms with Crippen LogP contribution in [-0.2, 0) is 16.1 Å². The topological polar surface area (TPSA) is 84.7 Å². The Balaban J connectivity index is 1.67. The van der Waals surface area contributed by atoms with E-state index in [1.165, 1.54) is 22.2 Å². The zero-order valence-corrected chi connectivity index (χ0v) is 13.7. The third kappa shape index (κ3) is 3.29. The maximum atomic E-state index is 12.4. The minimum Gasteiger partial charge on any atom is -0.387 e. The number of aliphatic hydroxyl groups is 1. The maximum absolute atomic E-state index is 12.4. The van der Waals surface area contributed by atoms with E-state index in [-0.39, 0.29) is 24.6 Å². The number of hydrogen-bond donors (Lipinski definition) is 1. The standard InChI is InChI=1S/C15H19N3O4S/c1-22-9-15(21)3-5-17(6-4-15)12(19)8-18-10-16-13-11(14(18)20)2-7-23-13/h2,7,10,21H,3-6,8-9H2,1H3. The Morgan fingerprint density at radius 3 is 2.91 bits per heavy atom. The normalized spacial score (nSPS) is 17.6. The molecule has 0 aromatic carbocycles. The minimum absolute atomic E-state index is 0.0275. The van der Waals surface area contributed by atoms with Crippen LogP contribution in [0.1, 0.15) is 12.8 Å². The predicted octanol–water partition coefficient (Wildman–Crippen LogP) is 0.458. The molecule has 23 heavy (non-hydrogen) atoms. The van der Waals surface area contributed by atoms with Gasteiger partial charge in [0.15, 0.2) is 0 Å². The fourth-order valence-corrected chi connectivity index (χ4v) is 3.56. The van der Waals surface area contributed by atoms with Crippen molar-refractivity contribution in [2.24, 2.45) is 0 Å². The number of fused-ring (bicyclic) bond motifs is 1. The lowest BCUT2D eigenvalue weighted by atomic mass is 9.92. The molecule has 0 radical (unpaired) electrons. The molecule has 7 nitrogen and oxygen atoms in total. The molecule has 0 saturated carbocycles. The van der Waals surface area contributed by atoms with Gasteiger partial charge in [0, 0.05) is 20.2 Å². The molecule has 1 fully saturated rings. The average Bonchev–Trinajstić information content (AvgIpc) is 3.00. The van der Waals surface area contributed by atoms with Crippen LogP contribution in [0, 0.1) is 0 Å². The quantitative estimate of drug-likeness (QED) is 0.876. The van der Waals surface area contributed by atoms with Gasteiger partial charge in [-0.25, -0.2) is 4.98 Å². The van der Waals surface area contributed by atoms with E-state index in [0.717, 1.165) is 0 Å². The lowest BCUT2D eigenvalue weighted by Gasteiger charge is -2.37. The van der Waals surface area contributed by atoms with Gasteiger partial charge in [-0.1, -0.05) is 0 Å². The summed E-state index contributed by atoms with van der Waals surface area (Å²) in [6, 6.07) is 1.72. The first-order valence-corrected chi connectivity index (χ1v) is 8.32. The molecule has 1 saturated heterocycles. The first-order chi connectivity index (χ1) is 11.0. The number of rotatable bonds is 4. The van der Waals surface area contributed by atoms with E-state index >= 15 is 0 Å². The molecule has 0 unspecified atom stereocenters. The summed E-state index contributed by atoms with van der Waals surface area (Å²) >= 11 is 1.40. The third-order valence-electron chi connectivity index (χ3n) is 4.22. The molecule has 0 atom stereocenters. The van der Waals surface area contributed by atoms with Crippen LogP contribution in [0.3, 0.4) is 0 Å². The second-order valence-electron chi connectivity index (χ2n) is 5.86. The zero-order valence-electron chi connectivity index (χ0n) is 12.9. The monoisotopic (exact) mass is 337 g/mol. The average molecular weight is 337 g/mol. The molecule has 1 N–H and O–H groups in total. The third-order valence-corrected chi connectivity index (χ3v) is 5.04. The fourth-order valence-electron chi connectivity index (χ4n) is 2.84. The number of nitrogens with zero attached hydrogens (tertiary/aromatic N) is 3. The molecule has 3 heterocycles. The Morgan fingerprint density at radius 1 is 1.48 bits per heavy atom. The summed E-state index contributed by atoms with van der Waals surface area (Å²) in [5.41, 5.74) is -1.06. The number of amides is 1. The summed E-state index contributed by atoms with van der Waals surface area (Å²) in [6.07, 6.45) is 2.37. The number of methoxy groups -OCH3 is 1. The van der Waals surface area contributed by atoms with Crippen molar-refractivity contribution >= 4 is 27.5 Å². The Kier molecular flexibility index (Phi) is 4.47. The fraction of sp³-hybridized carbons (Fsp3) is 0.533.